The smallest absolute Gasteiger partial charge is 0.137 e. The van der Waals surface area contributed by atoms with Crippen LogP contribution in [0.5, 0.6) is 0 Å². The van der Waals surface area contributed by atoms with E-state index in [0.717, 1.165) is 25.2 Å². The third kappa shape index (κ3) is 3.00. The molecule has 1 fully saturated rings. The van der Waals surface area contributed by atoms with Crippen LogP contribution in [0.1, 0.15) is 12.0 Å². The number of nitrogens with one attached hydrogen (secondary N) is 2. The standard InChI is InChI=1S/C11H14BrFN2/c12-10-5-8(1-2-11(10)13)6-15-9-3-4-14-7-9/h1-2,5,9,14-15H,3-4,6-7H2. The molecule has 0 spiro atoms. The summed E-state index contributed by atoms with van der Waals surface area (Å²) in [6.07, 6.45) is 1.17. The summed E-state index contributed by atoms with van der Waals surface area (Å²) in [6.45, 7) is 2.92. The van der Waals surface area contributed by atoms with Crippen LogP contribution >= 0.6 is 15.9 Å². The predicted molar refractivity (Wildman–Crippen MR) is 62.2 cm³/mol. The molecule has 1 aromatic carbocycles. The van der Waals surface area contributed by atoms with Gasteiger partial charge in [-0.2, -0.15) is 0 Å². The summed E-state index contributed by atoms with van der Waals surface area (Å²) in [5.41, 5.74) is 1.11. The maximum atomic E-state index is 13.0. The molecule has 1 aliphatic rings. The van der Waals surface area contributed by atoms with Crippen molar-refractivity contribution >= 4 is 15.9 Å². The lowest BCUT2D eigenvalue weighted by molar-refractivity contribution is 0.546. The van der Waals surface area contributed by atoms with Crippen molar-refractivity contribution in [2.45, 2.75) is 19.0 Å². The second-order valence-electron chi connectivity index (χ2n) is 3.82. The van der Waals surface area contributed by atoms with E-state index in [-0.39, 0.29) is 5.82 Å². The van der Waals surface area contributed by atoms with Crippen LogP contribution in [0.25, 0.3) is 0 Å². The summed E-state index contributed by atoms with van der Waals surface area (Å²) in [4.78, 5) is 0. The lowest BCUT2D eigenvalue weighted by Crippen LogP contribution is -2.30. The van der Waals surface area contributed by atoms with Crippen LogP contribution < -0.4 is 10.6 Å². The molecule has 0 saturated carbocycles. The molecule has 1 unspecified atom stereocenters. The van der Waals surface area contributed by atoms with Gasteiger partial charge in [-0.25, -0.2) is 4.39 Å². The van der Waals surface area contributed by atoms with Gasteiger partial charge in [0.2, 0.25) is 0 Å². The summed E-state index contributed by atoms with van der Waals surface area (Å²) in [6, 6.07) is 5.68. The van der Waals surface area contributed by atoms with E-state index in [9.17, 15) is 4.39 Å². The highest BCUT2D eigenvalue weighted by Crippen LogP contribution is 2.16. The molecule has 82 valence electrons. The fraction of sp³-hybridized carbons (Fsp3) is 0.455. The van der Waals surface area contributed by atoms with E-state index in [4.69, 9.17) is 0 Å². The predicted octanol–water partition coefficient (Wildman–Crippen LogP) is 2.04. The van der Waals surface area contributed by atoms with E-state index in [1.165, 1.54) is 12.5 Å². The van der Waals surface area contributed by atoms with Gasteiger partial charge < -0.3 is 10.6 Å². The molecule has 4 heteroatoms. The van der Waals surface area contributed by atoms with Gasteiger partial charge in [0, 0.05) is 19.1 Å². The molecule has 2 N–H and O–H groups in total. The van der Waals surface area contributed by atoms with Gasteiger partial charge in [-0.1, -0.05) is 6.07 Å². The van der Waals surface area contributed by atoms with Gasteiger partial charge in [-0.15, -0.1) is 0 Å². The molecule has 1 heterocycles. The van der Waals surface area contributed by atoms with Crippen LogP contribution in [-0.2, 0) is 6.54 Å². The molecule has 0 aromatic heterocycles. The molecule has 1 saturated heterocycles. The van der Waals surface area contributed by atoms with Crippen LogP contribution in [0, 0.1) is 5.82 Å². The molecule has 1 aliphatic heterocycles. The maximum absolute atomic E-state index is 13.0. The first-order valence-electron chi connectivity index (χ1n) is 5.14. The number of hydrogen-bond donors (Lipinski definition) is 2. The molecular formula is C11H14BrFN2. The highest BCUT2D eigenvalue weighted by Gasteiger charge is 2.13. The van der Waals surface area contributed by atoms with Gasteiger partial charge in [0.05, 0.1) is 4.47 Å². The largest absolute Gasteiger partial charge is 0.315 e. The van der Waals surface area contributed by atoms with Crippen LogP contribution in [-0.4, -0.2) is 19.1 Å². The molecule has 15 heavy (non-hydrogen) atoms. The average Bonchev–Trinajstić information content (AvgIpc) is 2.73. The third-order valence-corrected chi connectivity index (χ3v) is 3.25. The maximum Gasteiger partial charge on any atom is 0.137 e. The van der Waals surface area contributed by atoms with Crippen LogP contribution in [0.4, 0.5) is 4.39 Å². The molecule has 0 bridgehead atoms. The normalized spacial score (nSPS) is 20.8. The quantitative estimate of drug-likeness (QED) is 0.880. The average molecular weight is 273 g/mol. The fourth-order valence-corrected chi connectivity index (χ4v) is 2.17. The Morgan fingerprint density at radius 3 is 3.07 bits per heavy atom. The van der Waals surface area contributed by atoms with Crippen LogP contribution in [0.3, 0.4) is 0 Å². The molecule has 0 radical (unpaired) electrons. The van der Waals surface area contributed by atoms with E-state index in [1.807, 2.05) is 12.1 Å². The first kappa shape index (κ1) is 11.0. The van der Waals surface area contributed by atoms with Crippen LogP contribution in [0.2, 0.25) is 0 Å². The Morgan fingerprint density at radius 1 is 1.53 bits per heavy atom. The summed E-state index contributed by atoms with van der Waals surface area (Å²) in [7, 11) is 0. The zero-order valence-electron chi connectivity index (χ0n) is 8.39. The Labute approximate surface area is 97.4 Å². The minimum Gasteiger partial charge on any atom is -0.315 e. The summed E-state index contributed by atoms with van der Waals surface area (Å²) < 4.78 is 13.5. The highest BCUT2D eigenvalue weighted by atomic mass is 79.9. The Bertz CT molecular complexity index is 337. The van der Waals surface area contributed by atoms with E-state index in [2.05, 4.69) is 26.6 Å². The van der Waals surface area contributed by atoms with Crippen molar-refractivity contribution in [3.8, 4) is 0 Å². The first-order chi connectivity index (χ1) is 7.25. The Morgan fingerprint density at radius 2 is 2.40 bits per heavy atom. The van der Waals surface area contributed by atoms with Gasteiger partial charge in [0.15, 0.2) is 0 Å². The van der Waals surface area contributed by atoms with E-state index >= 15 is 0 Å². The molecule has 1 atom stereocenters. The molecule has 2 nitrogen and oxygen atoms in total. The van der Waals surface area contributed by atoms with Gasteiger partial charge >= 0.3 is 0 Å². The minimum absolute atomic E-state index is 0.207. The van der Waals surface area contributed by atoms with E-state index < -0.39 is 0 Å². The van der Waals surface area contributed by atoms with Crippen molar-refractivity contribution in [1.82, 2.24) is 10.6 Å². The fourth-order valence-electron chi connectivity index (χ4n) is 1.74. The number of benzene rings is 1. The Kier molecular flexibility index (Phi) is 3.72. The number of halogens is 2. The zero-order chi connectivity index (χ0) is 10.7. The third-order valence-electron chi connectivity index (χ3n) is 2.64. The monoisotopic (exact) mass is 272 g/mol. The molecular weight excluding hydrogens is 259 g/mol. The number of rotatable bonds is 3. The second kappa shape index (κ2) is 5.05. The summed E-state index contributed by atoms with van der Waals surface area (Å²) >= 11 is 3.18. The Hall–Kier alpha value is -0.450. The van der Waals surface area contributed by atoms with Crippen LogP contribution in [0.15, 0.2) is 22.7 Å². The van der Waals surface area contributed by atoms with Crippen molar-refractivity contribution in [2.75, 3.05) is 13.1 Å². The molecule has 1 aromatic rings. The minimum atomic E-state index is -0.207. The van der Waals surface area contributed by atoms with Crippen molar-refractivity contribution in [3.05, 3.63) is 34.1 Å². The van der Waals surface area contributed by atoms with Gasteiger partial charge in [-0.3, -0.25) is 0 Å². The number of hydrogen-bond acceptors (Lipinski definition) is 2. The lowest BCUT2D eigenvalue weighted by atomic mass is 10.2. The SMILES string of the molecule is Fc1ccc(CNC2CCNC2)cc1Br. The summed E-state index contributed by atoms with van der Waals surface area (Å²) in [5.74, 6) is -0.207. The molecule has 0 aliphatic carbocycles. The zero-order valence-corrected chi connectivity index (χ0v) is 9.98. The van der Waals surface area contributed by atoms with E-state index in [0.29, 0.717) is 10.5 Å². The molecule has 2 rings (SSSR count). The second-order valence-corrected chi connectivity index (χ2v) is 4.67. The van der Waals surface area contributed by atoms with Crippen molar-refractivity contribution in [2.24, 2.45) is 0 Å². The summed E-state index contributed by atoms with van der Waals surface area (Å²) in [5, 5.41) is 6.74. The van der Waals surface area contributed by atoms with Gasteiger partial charge in [0.1, 0.15) is 5.82 Å². The highest BCUT2D eigenvalue weighted by molar-refractivity contribution is 9.10. The topological polar surface area (TPSA) is 24.1 Å². The van der Waals surface area contributed by atoms with Crippen molar-refractivity contribution in [1.29, 1.82) is 0 Å². The lowest BCUT2D eigenvalue weighted by Gasteiger charge is -2.11. The van der Waals surface area contributed by atoms with E-state index in [1.54, 1.807) is 0 Å². The first-order valence-corrected chi connectivity index (χ1v) is 5.93. The Balaban J connectivity index is 1.90. The van der Waals surface area contributed by atoms with Crippen molar-refractivity contribution < 1.29 is 4.39 Å². The van der Waals surface area contributed by atoms with Gasteiger partial charge in [0.25, 0.3) is 0 Å². The molecule has 0 amide bonds. The van der Waals surface area contributed by atoms with Gasteiger partial charge in [-0.05, 0) is 46.6 Å². The van der Waals surface area contributed by atoms with Crippen molar-refractivity contribution in [3.63, 3.8) is 0 Å².